The van der Waals surface area contributed by atoms with Crippen molar-refractivity contribution in [3.05, 3.63) is 29.8 Å². The highest BCUT2D eigenvalue weighted by atomic mass is 32.2. The fourth-order valence-corrected chi connectivity index (χ4v) is 5.11. The van der Waals surface area contributed by atoms with E-state index in [4.69, 9.17) is 0 Å². The van der Waals surface area contributed by atoms with Crippen molar-refractivity contribution in [2.75, 3.05) is 6.54 Å². The van der Waals surface area contributed by atoms with Gasteiger partial charge in [0, 0.05) is 18.2 Å². The van der Waals surface area contributed by atoms with E-state index < -0.39 is 10.0 Å². The molecule has 0 amide bonds. The summed E-state index contributed by atoms with van der Waals surface area (Å²) in [5.74, 6) is 0.492. The molecule has 4 nitrogen and oxygen atoms in total. The van der Waals surface area contributed by atoms with Crippen molar-refractivity contribution in [2.45, 2.75) is 50.0 Å². The summed E-state index contributed by atoms with van der Waals surface area (Å²) < 4.78 is 27.3. The lowest BCUT2D eigenvalue weighted by Gasteiger charge is -2.36. The Hall–Kier alpha value is -1.20. The molecular weight excluding hydrogens is 286 g/mol. The van der Waals surface area contributed by atoms with E-state index >= 15 is 0 Å². The Morgan fingerprint density at radius 3 is 2.29 bits per heavy atom. The molecular formula is C16H21NO3S. The fourth-order valence-electron chi connectivity index (χ4n) is 3.36. The van der Waals surface area contributed by atoms with E-state index in [0.717, 1.165) is 25.7 Å². The molecule has 1 heterocycles. The van der Waals surface area contributed by atoms with Crippen molar-refractivity contribution in [3.8, 4) is 0 Å². The number of carbonyl (C=O) groups excluding carboxylic acids is 1. The van der Waals surface area contributed by atoms with Crippen molar-refractivity contribution in [2.24, 2.45) is 5.92 Å². The lowest BCUT2D eigenvalue weighted by Crippen LogP contribution is -2.42. The highest BCUT2D eigenvalue weighted by Gasteiger charge is 2.41. The number of sulfonamides is 1. The zero-order valence-electron chi connectivity index (χ0n) is 12.3. The second-order valence-electron chi connectivity index (χ2n) is 6.10. The molecule has 0 bridgehead atoms. The van der Waals surface area contributed by atoms with E-state index in [9.17, 15) is 13.2 Å². The summed E-state index contributed by atoms with van der Waals surface area (Å²) in [6.07, 6.45) is 5.46. The molecule has 1 saturated carbocycles. The minimum absolute atomic E-state index is 0.0486. The molecule has 1 aliphatic heterocycles. The molecule has 1 aromatic carbocycles. The van der Waals surface area contributed by atoms with Crippen LogP contribution in [0.2, 0.25) is 0 Å². The number of hydrogen-bond donors (Lipinski definition) is 0. The summed E-state index contributed by atoms with van der Waals surface area (Å²) in [5.41, 5.74) is 0.547. The van der Waals surface area contributed by atoms with Crippen LogP contribution < -0.4 is 0 Å². The van der Waals surface area contributed by atoms with E-state index in [0.29, 0.717) is 22.9 Å². The van der Waals surface area contributed by atoms with Crippen LogP contribution >= 0.6 is 0 Å². The molecule has 2 aliphatic rings. The molecule has 5 heteroatoms. The first-order chi connectivity index (χ1) is 10.00. The lowest BCUT2D eigenvalue weighted by atomic mass is 9.79. The van der Waals surface area contributed by atoms with Crippen LogP contribution in [0.25, 0.3) is 0 Å². The van der Waals surface area contributed by atoms with E-state index in [2.05, 4.69) is 0 Å². The van der Waals surface area contributed by atoms with Crippen molar-refractivity contribution in [1.29, 1.82) is 0 Å². The number of nitrogens with zero attached hydrogens (tertiary/aromatic N) is 1. The molecule has 0 radical (unpaired) electrons. The third kappa shape index (κ3) is 2.64. The molecule has 1 aromatic rings. The minimum Gasteiger partial charge on any atom is -0.295 e. The molecule has 3 rings (SSSR count). The zero-order chi connectivity index (χ0) is 15.0. The monoisotopic (exact) mass is 307 g/mol. The Morgan fingerprint density at radius 2 is 1.76 bits per heavy atom. The average molecular weight is 307 g/mol. The summed E-state index contributed by atoms with van der Waals surface area (Å²) >= 11 is 0. The number of hydrogen-bond acceptors (Lipinski definition) is 3. The van der Waals surface area contributed by atoms with Gasteiger partial charge in [-0.05, 0) is 50.7 Å². The average Bonchev–Trinajstić information content (AvgIpc) is 2.86. The fraction of sp³-hybridized carbons (Fsp3) is 0.562. The van der Waals surface area contributed by atoms with Gasteiger partial charge in [0.2, 0.25) is 10.0 Å². The molecule has 0 spiro atoms. The van der Waals surface area contributed by atoms with Crippen molar-refractivity contribution < 1.29 is 13.2 Å². The van der Waals surface area contributed by atoms with Crippen LogP contribution in [0.3, 0.4) is 0 Å². The van der Waals surface area contributed by atoms with Crippen LogP contribution in [0.5, 0.6) is 0 Å². The zero-order valence-corrected chi connectivity index (χ0v) is 13.1. The molecule has 1 saturated heterocycles. The third-order valence-corrected chi connectivity index (χ3v) is 6.75. The van der Waals surface area contributed by atoms with Gasteiger partial charge in [-0.15, -0.1) is 0 Å². The van der Waals surface area contributed by atoms with Crippen LogP contribution in [0.4, 0.5) is 0 Å². The van der Waals surface area contributed by atoms with Gasteiger partial charge in [-0.2, -0.15) is 4.31 Å². The van der Waals surface area contributed by atoms with Crippen LogP contribution in [0, 0.1) is 5.92 Å². The highest BCUT2D eigenvalue weighted by molar-refractivity contribution is 7.89. The summed E-state index contributed by atoms with van der Waals surface area (Å²) in [5, 5.41) is 0. The van der Waals surface area contributed by atoms with Crippen LogP contribution in [0.1, 0.15) is 49.4 Å². The first kappa shape index (κ1) is 14.7. The van der Waals surface area contributed by atoms with Gasteiger partial charge in [-0.3, -0.25) is 4.79 Å². The molecule has 114 valence electrons. The molecule has 1 unspecified atom stereocenters. The van der Waals surface area contributed by atoms with E-state index in [1.807, 2.05) is 0 Å². The van der Waals surface area contributed by atoms with Gasteiger partial charge in [-0.1, -0.05) is 18.6 Å². The Balaban J connectivity index is 1.86. The number of ketones is 1. The molecule has 0 N–H and O–H groups in total. The van der Waals surface area contributed by atoms with Crippen LogP contribution in [-0.2, 0) is 10.0 Å². The smallest absolute Gasteiger partial charge is 0.243 e. The standard InChI is InChI=1S/C16H21NO3S/c1-12(18)13-7-9-15(10-8-13)21(19,20)17-11-3-6-16(17)14-4-2-5-14/h7-10,14,16H,2-6,11H2,1H3. The lowest BCUT2D eigenvalue weighted by molar-refractivity contribution is 0.101. The van der Waals surface area contributed by atoms with Gasteiger partial charge in [0.05, 0.1) is 4.90 Å². The van der Waals surface area contributed by atoms with Gasteiger partial charge in [0.1, 0.15) is 0 Å². The normalized spacial score (nSPS) is 24.0. The maximum Gasteiger partial charge on any atom is 0.243 e. The molecule has 0 aromatic heterocycles. The third-order valence-electron chi connectivity index (χ3n) is 4.81. The highest BCUT2D eigenvalue weighted by Crippen LogP contribution is 2.39. The largest absolute Gasteiger partial charge is 0.295 e. The predicted molar refractivity (Wildman–Crippen MR) is 80.7 cm³/mol. The van der Waals surface area contributed by atoms with Crippen molar-refractivity contribution in [3.63, 3.8) is 0 Å². The van der Waals surface area contributed by atoms with Crippen LogP contribution in [0.15, 0.2) is 29.2 Å². The van der Waals surface area contributed by atoms with Gasteiger partial charge in [-0.25, -0.2) is 8.42 Å². The summed E-state index contributed by atoms with van der Waals surface area (Å²) in [6, 6.07) is 6.49. The van der Waals surface area contributed by atoms with E-state index in [1.54, 1.807) is 28.6 Å². The molecule has 21 heavy (non-hydrogen) atoms. The topological polar surface area (TPSA) is 54.5 Å². The minimum atomic E-state index is -3.43. The SMILES string of the molecule is CC(=O)c1ccc(S(=O)(=O)N2CCCC2C2CCC2)cc1. The van der Waals surface area contributed by atoms with Gasteiger partial charge < -0.3 is 0 Å². The summed E-state index contributed by atoms with van der Waals surface area (Å²) in [4.78, 5) is 11.6. The number of Topliss-reactive ketones (excluding diaryl/α,β-unsaturated/α-hetero) is 1. The van der Waals surface area contributed by atoms with Crippen LogP contribution in [-0.4, -0.2) is 31.1 Å². The quantitative estimate of drug-likeness (QED) is 0.804. The van der Waals surface area contributed by atoms with Crippen molar-refractivity contribution >= 4 is 15.8 Å². The number of benzene rings is 1. The number of rotatable bonds is 4. The Kier molecular flexibility index (Phi) is 3.88. The Bertz CT molecular complexity index is 632. The maximum atomic E-state index is 12.8. The Labute approximate surface area is 126 Å². The Morgan fingerprint density at radius 1 is 1.10 bits per heavy atom. The van der Waals surface area contributed by atoms with E-state index in [-0.39, 0.29) is 11.8 Å². The first-order valence-electron chi connectivity index (χ1n) is 7.63. The predicted octanol–water partition coefficient (Wildman–Crippen LogP) is 2.84. The second kappa shape index (κ2) is 5.54. The molecule has 2 fully saturated rings. The summed E-state index contributed by atoms with van der Waals surface area (Å²) in [7, 11) is -3.43. The molecule has 1 atom stereocenters. The van der Waals surface area contributed by atoms with E-state index in [1.165, 1.54) is 13.3 Å². The van der Waals surface area contributed by atoms with Gasteiger partial charge >= 0.3 is 0 Å². The second-order valence-corrected chi connectivity index (χ2v) is 7.99. The number of carbonyl (C=O) groups is 1. The maximum absolute atomic E-state index is 12.8. The van der Waals surface area contributed by atoms with Gasteiger partial charge in [0.15, 0.2) is 5.78 Å². The van der Waals surface area contributed by atoms with Gasteiger partial charge in [0.25, 0.3) is 0 Å². The molecule has 1 aliphatic carbocycles. The first-order valence-corrected chi connectivity index (χ1v) is 9.07. The van der Waals surface area contributed by atoms with Crippen molar-refractivity contribution in [1.82, 2.24) is 4.31 Å². The summed E-state index contributed by atoms with van der Waals surface area (Å²) in [6.45, 7) is 2.11.